The Morgan fingerprint density at radius 2 is 1.08 bits per heavy atom. The normalized spacial score (nSPS) is 12.9. The Morgan fingerprint density at radius 1 is 0.606 bits per heavy atom. The van der Waals surface area contributed by atoms with E-state index in [1.54, 1.807) is 41.5 Å². The number of hydrogen-bond acceptors (Lipinski definition) is 11. The number of primary amides is 1. The van der Waals surface area contributed by atoms with Crippen LogP contribution >= 0.6 is 11.8 Å². The maximum atomic E-state index is 13.6. The van der Waals surface area contributed by atoms with Gasteiger partial charge >= 0.3 is 24.2 Å². The van der Waals surface area contributed by atoms with Gasteiger partial charge in [0.2, 0.25) is 11.8 Å². The number of hydrogen-bond donors (Lipinski definition) is 6. The molecule has 0 aromatic heterocycles. The summed E-state index contributed by atoms with van der Waals surface area (Å²) in [5.74, 6) is -2.98. The van der Waals surface area contributed by atoms with Gasteiger partial charge in [-0.15, -0.1) is 11.8 Å². The van der Waals surface area contributed by atoms with Crippen molar-refractivity contribution in [2.75, 3.05) is 12.3 Å². The van der Waals surface area contributed by atoms with E-state index in [0.29, 0.717) is 5.56 Å². The molecule has 0 bridgehead atoms. The number of benzene rings is 4. The summed E-state index contributed by atoms with van der Waals surface area (Å²) in [7, 11) is 0. The Bertz CT molecular complexity index is 2170. The van der Waals surface area contributed by atoms with Gasteiger partial charge in [-0.25, -0.2) is 19.2 Å². The lowest BCUT2D eigenvalue weighted by atomic mass is 9.84. The number of ether oxygens (including phenoxy) is 3. The molecule has 4 aromatic carbocycles. The molecular weight excluding hydrogens is 867 g/mol. The third-order valence-corrected chi connectivity index (χ3v) is 11.3. The highest BCUT2D eigenvalue weighted by Crippen LogP contribution is 2.48. The van der Waals surface area contributed by atoms with Crippen LogP contribution in [0, 0.1) is 0 Å². The summed E-state index contributed by atoms with van der Waals surface area (Å²) in [6.45, 7) is 9.78. The van der Waals surface area contributed by atoms with Crippen molar-refractivity contribution in [2.45, 2.75) is 101 Å². The molecule has 0 aliphatic rings. The van der Waals surface area contributed by atoms with Crippen LogP contribution in [0.2, 0.25) is 0 Å². The van der Waals surface area contributed by atoms with Gasteiger partial charge in [0.1, 0.15) is 29.0 Å². The van der Waals surface area contributed by atoms with Crippen molar-refractivity contribution in [3.05, 3.63) is 138 Å². The molecule has 66 heavy (non-hydrogen) atoms. The standard InChI is InChI=1S/C49H59N5O11S/c1-47(2,3)64-45(61)53-37(28-29-51-44(60)63-36-24-22-32(23-25-36)30-38(43(58)59)54-46(62)65-48(4,5)6)40(55)26-27-41(56)52-39(42(50)57)31-66-49(33-16-10-7-11-17-33,34-18-12-8-13-19-34)35-20-14-9-15-21-35/h7-25,37-39H,26-31H2,1-6H3,(H2,50,57)(H,51,60)(H,52,56)(H,53,61)(H,54,62)(H,58,59)/t37-,38-,39-/m0/s1. The summed E-state index contributed by atoms with van der Waals surface area (Å²) in [5, 5.41) is 19.7. The van der Waals surface area contributed by atoms with Gasteiger partial charge in [-0.2, -0.15) is 0 Å². The summed E-state index contributed by atoms with van der Waals surface area (Å²) in [6.07, 6.45) is -3.50. The molecule has 5 amide bonds. The minimum Gasteiger partial charge on any atom is -0.480 e. The lowest BCUT2D eigenvalue weighted by molar-refractivity contribution is -0.139. The van der Waals surface area contributed by atoms with Crippen LogP contribution in [0.25, 0.3) is 0 Å². The van der Waals surface area contributed by atoms with Crippen LogP contribution in [0.4, 0.5) is 14.4 Å². The summed E-state index contributed by atoms with van der Waals surface area (Å²) < 4.78 is 15.1. The predicted molar refractivity (Wildman–Crippen MR) is 250 cm³/mol. The van der Waals surface area contributed by atoms with E-state index in [1.807, 2.05) is 91.0 Å². The maximum absolute atomic E-state index is 13.6. The number of carboxylic acid groups (broad SMARTS) is 1. The predicted octanol–water partition coefficient (Wildman–Crippen LogP) is 6.62. The average Bonchev–Trinajstić information content (AvgIpc) is 3.25. The summed E-state index contributed by atoms with van der Waals surface area (Å²) >= 11 is 1.44. The molecule has 0 aliphatic heterocycles. The van der Waals surface area contributed by atoms with Crippen LogP contribution < -0.4 is 31.7 Å². The third kappa shape index (κ3) is 16.6. The molecular formula is C49H59N5O11S. The van der Waals surface area contributed by atoms with E-state index in [2.05, 4.69) is 21.3 Å². The van der Waals surface area contributed by atoms with E-state index >= 15 is 0 Å². The zero-order valence-electron chi connectivity index (χ0n) is 38.0. The number of thioether (sulfide) groups is 1. The van der Waals surface area contributed by atoms with Crippen molar-refractivity contribution < 1.29 is 52.9 Å². The largest absolute Gasteiger partial charge is 0.480 e. The van der Waals surface area contributed by atoms with Crippen molar-refractivity contribution in [1.29, 1.82) is 0 Å². The van der Waals surface area contributed by atoms with Gasteiger partial charge in [0.15, 0.2) is 5.78 Å². The van der Waals surface area contributed by atoms with E-state index in [9.17, 15) is 38.7 Å². The van der Waals surface area contributed by atoms with Gasteiger partial charge in [-0.3, -0.25) is 14.4 Å². The van der Waals surface area contributed by atoms with Crippen LogP contribution in [-0.2, 0) is 39.8 Å². The van der Waals surface area contributed by atoms with Crippen LogP contribution in [0.15, 0.2) is 115 Å². The molecule has 7 N–H and O–H groups in total. The fourth-order valence-corrected chi connectivity index (χ4v) is 8.23. The van der Waals surface area contributed by atoms with E-state index in [1.165, 1.54) is 36.0 Å². The Labute approximate surface area is 389 Å². The first-order chi connectivity index (χ1) is 31.1. The molecule has 17 heteroatoms. The van der Waals surface area contributed by atoms with Gasteiger partial charge in [0, 0.05) is 31.6 Å². The SMILES string of the molecule is CC(C)(C)OC(=O)N[C@@H](Cc1ccc(OC(=O)NCC[C@H](NC(=O)OC(C)(C)C)C(=O)CCC(=O)N[C@@H](CSC(c2ccccc2)(c2ccccc2)c2ccccc2)C(N)=O)cc1)C(=O)O. The number of alkyl carbamates (subject to hydrolysis) is 2. The summed E-state index contributed by atoms with van der Waals surface area (Å²) in [5.41, 5.74) is 7.52. The average molecular weight is 926 g/mol. The quantitative estimate of drug-likeness (QED) is 0.0483. The Balaban J connectivity index is 1.37. The fourth-order valence-electron chi connectivity index (χ4n) is 6.65. The van der Waals surface area contributed by atoms with Crippen molar-refractivity contribution in [2.24, 2.45) is 5.73 Å². The smallest absolute Gasteiger partial charge is 0.412 e. The van der Waals surface area contributed by atoms with Crippen LogP contribution in [0.1, 0.15) is 83.1 Å². The molecule has 16 nitrogen and oxygen atoms in total. The third-order valence-electron chi connectivity index (χ3n) is 9.63. The second-order valence-corrected chi connectivity index (χ2v) is 18.5. The molecule has 0 spiro atoms. The number of aliphatic carboxylic acids is 1. The van der Waals surface area contributed by atoms with Gasteiger partial charge in [0.05, 0.1) is 10.8 Å². The topological polar surface area (TPSA) is 242 Å². The number of carbonyl (C=O) groups is 7. The second kappa shape index (κ2) is 23.9. The van der Waals surface area contributed by atoms with Gasteiger partial charge in [-0.05, 0) is 82.3 Å². The monoisotopic (exact) mass is 925 g/mol. The number of amides is 5. The Hall–Kier alpha value is -6.88. The number of nitrogens with two attached hydrogens (primary N) is 1. The van der Waals surface area contributed by atoms with Crippen molar-refractivity contribution >= 4 is 53.6 Å². The Morgan fingerprint density at radius 3 is 1.52 bits per heavy atom. The zero-order chi connectivity index (χ0) is 48.5. The molecule has 0 aliphatic carbocycles. The molecule has 3 atom stereocenters. The van der Waals surface area contributed by atoms with Crippen LogP contribution in [0.5, 0.6) is 5.75 Å². The van der Waals surface area contributed by atoms with E-state index < -0.39 is 75.9 Å². The fraction of sp³-hybridized carbons (Fsp3) is 0.367. The highest BCUT2D eigenvalue weighted by Gasteiger charge is 2.38. The number of ketones is 1. The summed E-state index contributed by atoms with van der Waals surface area (Å²) in [6, 6.07) is 31.8. The molecule has 0 saturated heterocycles. The van der Waals surface area contributed by atoms with E-state index in [4.69, 9.17) is 19.9 Å². The Kier molecular flexibility index (Phi) is 18.7. The van der Waals surface area contributed by atoms with E-state index in [-0.39, 0.29) is 43.7 Å². The highest BCUT2D eigenvalue weighted by molar-refractivity contribution is 8.00. The number of carboxylic acids is 1. The number of nitrogens with one attached hydrogen (secondary N) is 4. The van der Waals surface area contributed by atoms with Crippen molar-refractivity contribution in [3.63, 3.8) is 0 Å². The van der Waals surface area contributed by atoms with Crippen LogP contribution in [0.3, 0.4) is 0 Å². The number of rotatable bonds is 21. The molecule has 0 unspecified atom stereocenters. The van der Waals surface area contributed by atoms with Gasteiger partial charge < -0.3 is 46.3 Å². The first-order valence-electron chi connectivity index (χ1n) is 21.3. The first-order valence-corrected chi connectivity index (χ1v) is 22.3. The molecule has 0 radical (unpaired) electrons. The molecule has 0 saturated carbocycles. The minimum absolute atomic E-state index is 0.0769. The lowest BCUT2D eigenvalue weighted by Crippen LogP contribution is -2.48. The molecule has 352 valence electrons. The minimum atomic E-state index is -1.28. The van der Waals surface area contributed by atoms with Gasteiger partial charge in [-0.1, -0.05) is 103 Å². The molecule has 0 fully saturated rings. The lowest BCUT2D eigenvalue weighted by Gasteiger charge is -2.36. The van der Waals surface area contributed by atoms with Crippen molar-refractivity contribution in [1.82, 2.24) is 21.3 Å². The molecule has 4 rings (SSSR count). The first kappa shape index (κ1) is 51.8. The number of carbonyl (C=O) groups excluding carboxylic acids is 6. The zero-order valence-corrected chi connectivity index (χ0v) is 38.8. The molecule has 4 aromatic rings. The highest BCUT2D eigenvalue weighted by atomic mass is 32.2. The molecule has 0 heterocycles. The second-order valence-electron chi connectivity index (χ2n) is 17.3. The number of Topliss-reactive ketones (excluding diaryl/α,β-unsaturated/α-hetero) is 1. The maximum Gasteiger partial charge on any atom is 0.412 e. The van der Waals surface area contributed by atoms with E-state index in [0.717, 1.165) is 16.7 Å². The van der Waals surface area contributed by atoms with Gasteiger partial charge in [0.25, 0.3) is 0 Å². The van der Waals surface area contributed by atoms with Crippen molar-refractivity contribution in [3.8, 4) is 5.75 Å². The van der Waals surface area contributed by atoms with Crippen LogP contribution in [-0.4, -0.2) is 88.6 Å². The summed E-state index contributed by atoms with van der Waals surface area (Å²) in [4.78, 5) is 89.3.